The SMILES string of the molecule is CCCNC(=O)CNCCOCC. The normalized spacial score (nSPS) is 10.0. The van der Waals surface area contributed by atoms with E-state index in [1.807, 2.05) is 13.8 Å². The summed E-state index contributed by atoms with van der Waals surface area (Å²) in [6, 6.07) is 0. The lowest BCUT2D eigenvalue weighted by Gasteiger charge is -2.05. The van der Waals surface area contributed by atoms with Crippen molar-refractivity contribution in [3.05, 3.63) is 0 Å². The zero-order chi connectivity index (χ0) is 9.94. The fraction of sp³-hybridized carbons (Fsp3) is 0.889. The Morgan fingerprint density at radius 3 is 2.69 bits per heavy atom. The average Bonchev–Trinajstić information content (AvgIpc) is 2.14. The monoisotopic (exact) mass is 188 g/mol. The number of carbonyl (C=O) groups is 1. The van der Waals surface area contributed by atoms with Crippen LogP contribution in [0.15, 0.2) is 0 Å². The maximum absolute atomic E-state index is 11.0. The first-order valence-electron chi connectivity index (χ1n) is 4.86. The van der Waals surface area contributed by atoms with Crippen molar-refractivity contribution < 1.29 is 9.53 Å². The molecule has 0 saturated heterocycles. The zero-order valence-electron chi connectivity index (χ0n) is 8.56. The van der Waals surface area contributed by atoms with E-state index in [1.165, 1.54) is 0 Å². The molecule has 0 aromatic carbocycles. The number of amides is 1. The molecule has 0 unspecified atom stereocenters. The second-order valence-corrected chi connectivity index (χ2v) is 2.72. The van der Waals surface area contributed by atoms with Crippen molar-refractivity contribution in [2.24, 2.45) is 0 Å². The largest absolute Gasteiger partial charge is 0.380 e. The summed E-state index contributed by atoms with van der Waals surface area (Å²) in [5.74, 6) is 0.0540. The Morgan fingerprint density at radius 1 is 1.31 bits per heavy atom. The Balaban J connectivity index is 3.08. The Morgan fingerprint density at radius 2 is 2.08 bits per heavy atom. The standard InChI is InChI=1S/C9H20N2O2/c1-3-5-11-9(12)8-10-6-7-13-4-2/h10H,3-8H2,1-2H3,(H,11,12). The van der Waals surface area contributed by atoms with Crippen LogP contribution in [0.4, 0.5) is 0 Å². The molecular formula is C9H20N2O2. The highest BCUT2D eigenvalue weighted by atomic mass is 16.5. The Kier molecular flexibility index (Phi) is 9.03. The molecule has 0 aromatic heterocycles. The smallest absolute Gasteiger partial charge is 0.233 e. The molecule has 0 bridgehead atoms. The lowest BCUT2D eigenvalue weighted by atomic mass is 10.4. The van der Waals surface area contributed by atoms with Crippen molar-refractivity contribution in [3.63, 3.8) is 0 Å². The number of ether oxygens (including phenoxy) is 1. The second kappa shape index (κ2) is 9.48. The molecule has 0 atom stereocenters. The van der Waals surface area contributed by atoms with Crippen molar-refractivity contribution in [2.45, 2.75) is 20.3 Å². The van der Waals surface area contributed by atoms with Crippen molar-refractivity contribution >= 4 is 5.91 Å². The maximum atomic E-state index is 11.0. The minimum Gasteiger partial charge on any atom is -0.380 e. The van der Waals surface area contributed by atoms with Crippen molar-refractivity contribution in [2.75, 3.05) is 32.8 Å². The number of rotatable bonds is 8. The fourth-order valence-corrected chi connectivity index (χ4v) is 0.818. The van der Waals surface area contributed by atoms with Crippen LogP contribution in [-0.2, 0) is 9.53 Å². The molecule has 0 aliphatic rings. The Bertz CT molecular complexity index is 129. The van der Waals surface area contributed by atoms with Crippen LogP contribution < -0.4 is 10.6 Å². The zero-order valence-corrected chi connectivity index (χ0v) is 8.56. The van der Waals surface area contributed by atoms with Gasteiger partial charge in [0.15, 0.2) is 0 Å². The van der Waals surface area contributed by atoms with Crippen LogP contribution in [0.25, 0.3) is 0 Å². The number of nitrogens with one attached hydrogen (secondary N) is 2. The Hall–Kier alpha value is -0.610. The first-order chi connectivity index (χ1) is 6.31. The van der Waals surface area contributed by atoms with Crippen LogP contribution in [-0.4, -0.2) is 38.8 Å². The highest BCUT2D eigenvalue weighted by molar-refractivity contribution is 5.77. The predicted octanol–water partition coefficient (Wildman–Crippen LogP) is 0.139. The molecule has 4 nitrogen and oxygen atoms in total. The molecule has 0 rings (SSSR count). The van der Waals surface area contributed by atoms with E-state index in [0.717, 1.165) is 26.1 Å². The summed E-state index contributed by atoms with van der Waals surface area (Å²) >= 11 is 0. The summed E-state index contributed by atoms with van der Waals surface area (Å²) in [6.07, 6.45) is 0.977. The number of carbonyl (C=O) groups excluding carboxylic acids is 1. The molecule has 0 aromatic rings. The molecule has 13 heavy (non-hydrogen) atoms. The van der Waals surface area contributed by atoms with Crippen LogP contribution in [0.5, 0.6) is 0 Å². The molecule has 1 amide bonds. The van der Waals surface area contributed by atoms with Crippen LogP contribution >= 0.6 is 0 Å². The van der Waals surface area contributed by atoms with Crippen molar-refractivity contribution in [3.8, 4) is 0 Å². The van der Waals surface area contributed by atoms with E-state index in [9.17, 15) is 4.79 Å². The molecule has 0 aliphatic carbocycles. The third-order valence-corrected chi connectivity index (χ3v) is 1.49. The third-order valence-electron chi connectivity index (χ3n) is 1.49. The molecule has 2 N–H and O–H groups in total. The Labute approximate surface area is 80.0 Å². The molecule has 78 valence electrons. The first kappa shape index (κ1) is 12.4. The van der Waals surface area contributed by atoms with Crippen molar-refractivity contribution in [1.29, 1.82) is 0 Å². The van der Waals surface area contributed by atoms with E-state index < -0.39 is 0 Å². The summed E-state index contributed by atoms with van der Waals surface area (Å²) in [6.45, 7) is 7.24. The molecule has 0 spiro atoms. The van der Waals surface area contributed by atoms with E-state index >= 15 is 0 Å². The van der Waals surface area contributed by atoms with Crippen molar-refractivity contribution in [1.82, 2.24) is 10.6 Å². The van der Waals surface area contributed by atoms with Crippen LogP contribution in [0, 0.1) is 0 Å². The van der Waals surface area contributed by atoms with Gasteiger partial charge in [0.2, 0.25) is 5.91 Å². The quantitative estimate of drug-likeness (QED) is 0.533. The number of hydrogen-bond donors (Lipinski definition) is 2. The molecule has 0 fully saturated rings. The van der Waals surface area contributed by atoms with Crippen LogP contribution in [0.2, 0.25) is 0 Å². The lowest BCUT2D eigenvalue weighted by molar-refractivity contribution is -0.120. The van der Waals surface area contributed by atoms with Gasteiger partial charge in [-0.25, -0.2) is 0 Å². The molecule has 0 saturated carbocycles. The van der Waals surface area contributed by atoms with Gasteiger partial charge in [-0.15, -0.1) is 0 Å². The summed E-state index contributed by atoms with van der Waals surface area (Å²) in [4.78, 5) is 11.0. The molecule has 0 heterocycles. The second-order valence-electron chi connectivity index (χ2n) is 2.72. The highest BCUT2D eigenvalue weighted by Gasteiger charge is 1.97. The van der Waals surface area contributed by atoms with Crippen LogP contribution in [0.3, 0.4) is 0 Å². The van der Waals surface area contributed by atoms with E-state index in [1.54, 1.807) is 0 Å². The van der Waals surface area contributed by atoms with Gasteiger partial charge in [0.1, 0.15) is 0 Å². The minimum absolute atomic E-state index is 0.0540. The summed E-state index contributed by atoms with van der Waals surface area (Å²) in [5, 5.41) is 5.77. The molecule has 0 radical (unpaired) electrons. The van der Waals surface area contributed by atoms with E-state index in [4.69, 9.17) is 4.74 Å². The summed E-state index contributed by atoms with van der Waals surface area (Å²) < 4.78 is 5.10. The average molecular weight is 188 g/mol. The topological polar surface area (TPSA) is 50.4 Å². The van der Waals surface area contributed by atoms with Crippen LogP contribution in [0.1, 0.15) is 20.3 Å². The van der Waals surface area contributed by atoms with Gasteiger partial charge in [-0.1, -0.05) is 6.92 Å². The lowest BCUT2D eigenvalue weighted by Crippen LogP contribution is -2.35. The molecule has 0 aliphatic heterocycles. The van der Waals surface area contributed by atoms with Gasteiger partial charge in [0.05, 0.1) is 13.2 Å². The summed E-state index contributed by atoms with van der Waals surface area (Å²) in [7, 11) is 0. The van der Waals surface area contributed by atoms with E-state index in [-0.39, 0.29) is 5.91 Å². The first-order valence-corrected chi connectivity index (χ1v) is 4.86. The van der Waals surface area contributed by atoms with E-state index in [0.29, 0.717) is 13.2 Å². The predicted molar refractivity (Wildman–Crippen MR) is 52.7 cm³/mol. The van der Waals surface area contributed by atoms with Gasteiger partial charge in [0, 0.05) is 19.7 Å². The van der Waals surface area contributed by atoms with Gasteiger partial charge < -0.3 is 15.4 Å². The van der Waals surface area contributed by atoms with Gasteiger partial charge in [-0.3, -0.25) is 4.79 Å². The minimum atomic E-state index is 0.0540. The fourth-order valence-electron chi connectivity index (χ4n) is 0.818. The number of hydrogen-bond acceptors (Lipinski definition) is 3. The highest BCUT2D eigenvalue weighted by Crippen LogP contribution is 1.72. The van der Waals surface area contributed by atoms with Gasteiger partial charge in [-0.2, -0.15) is 0 Å². The molecule has 4 heteroatoms. The van der Waals surface area contributed by atoms with Gasteiger partial charge in [-0.05, 0) is 13.3 Å². The third kappa shape index (κ3) is 9.30. The van der Waals surface area contributed by atoms with Gasteiger partial charge in [0.25, 0.3) is 0 Å². The van der Waals surface area contributed by atoms with E-state index in [2.05, 4.69) is 10.6 Å². The maximum Gasteiger partial charge on any atom is 0.233 e. The van der Waals surface area contributed by atoms with Gasteiger partial charge >= 0.3 is 0 Å². The summed E-state index contributed by atoms with van der Waals surface area (Å²) in [5.41, 5.74) is 0. The molecular weight excluding hydrogens is 168 g/mol.